The summed E-state index contributed by atoms with van der Waals surface area (Å²) >= 11 is 0. The van der Waals surface area contributed by atoms with E-state index in [-0.39, 0.29) is 25.6 Å². The highest BCUT2D eigenvalue weighted by Crippen LogP contribution is 1.96. The molecular formula is C9H14N2O4. The summed E-state index contributed by atoms with van der Waals surface area (Å²) in [6, 6.07) is 0. The highest BCUT2D eigenvalue weighted by Gasteiger charge is 2.25. The number of hydrogen-bond acceptors (Lipinski definition) is 4. The van der Waals surface area contributed by atoms with Crippen LogP contribution in [-0.2, 0) is 19.1 Å². The zero-order chi connectivity index (χ0) is 11.3. The van der Waals surface area contributed by atoms with Crippen LogP contribution < -0.4 is 5.32 Å². The third-order valence-electron chi connectivity index (χ3n) is 1.87. The van der Waals surface area contributed by atoms with E-state index in [1.54, 1.807) is 0 Å². The lowest BCUT2D eigenvalue weighted by Crippen LogP contribution is -2.54. The van der Waals surface area contributed by atoms with Crippen LogP contribution in [0.3, 0.4) is 0 Å². The van der Waals surface area contributed by atoms with Crippen LogP contribution in [0, 0.1) is 0 Å². The van der Waals surface area contributed by atoms with Gasteiger partial charge in [-0.3, -0.25) is 19.7 Å². The molecule has 6 nitrogen and oxygen atoms in total. The SMILES string of the molecule is CCCOCC(=O)N1CC(=O)NC(=O)C1. The Morgan fingerprint density at radius 2 is 2.00 bits per heavy atom. The Morgan fingerprint density at radius 3 is 2.53 bits per heavy atom. The van der Waals surface area contributed by atoms with Gasteiger partial charge in [0.25, 0.3) is 0 Å². The minimum atomic E-state index is -0.449. The zero-order valence-electron chi connectivity index (χ0n) is 8.62. The summed E-state index contributed by atoms with van der Waals surface area (Å²) < 4.78 is 5.03. The topological polar surface area (TPSA) is 75.7 Å². The highest BCUT2D eigenvalue weighted by atomic mass is 16.5. The average Bonchev–Trinajstić information content (AvgIpc) is 2.16. The van der Waals surface area contributed by atoms with Gasteiger partial charge in [-0.1, -0.05) is 6.92 Å². The van der Waals surface area contributed by atoms with Gasteiger partial charge in [-0.15, -0.1) is 0 Å². The predicted octanol–water partition coefficient (Wildman–Crippen LogP) is -1.10. The molecule has 0 aromatic rings. The number of amides is 3. The summed E-state index contributed by atoms with van der Waals surface area (Å²) in [7, 11) is 0. The van der Waals surface area contributed by atoms with Crippen molar-refractivity contribution in [1.29, 1.82) is 0 Å². The van der Waals surface area contributed by atoms with Crippen LogP contribution in [0.25, 0.3) is 0 Å². The van der Waals surface area contributed by atoms with E-state index in [4.69, 9.17) is 4.74 Å². The number of carbonyl (C=O) groups is 3. The molecule has 1 saturated heterocycles. The Hall–Kier alpha value is -1.43. The maximum absolute atomic E-state index is 11.4. The third kappa shape index (κ3) is 3.67. The smallest absolute Gasteiger partial charge is 0.249 e. The van der Waals surface area contributed by atoms with Crippen molar-refractivity contribution in [3.05, 3.63) is 0 Å². The van der Waals surface area contributed by atoms with E-state index in [1.165, 1.54) is 4.90 Å². The van der Waals surface area contributed by atoms with Crippen molar-refractivity contribution in [3.8, 4) is 0 Å². The maximum Gasteiger partial charge on any atom is 0.249 e. The number of ether oxygens (including phenoxy) is 1. The lowest BCUT2D eigenvalue weighted by molar-refractivity contribution is -0.147. The molecule has 1 heterocycles. The average molecular weight is 214 g/mol. The maximum atomic E-state index is 11.4. The molecule has 0 aromatic heterocycles. The molecule has 0 unspecified atom stereocenters. The van der Waals surface area contributed by atoms with Crippen LogP contribution in [0.5, 0.6) is 0 Å². The molecule has 0 saturated carbocycles. The van der Waals surface area contributed by atoms with Gasteiger partial charge in [0.2, 0.25) is 17.7 Å². The van der Waals surface area contributed by atoms with Crippen molar-refractivity contribution in [3.63, 3.8) is 0 Å². The Morgan fingerprint density at radius 1 is 1.40 bits per heavy atom. The van der Waals surface area contributed by atoms with Crippen LogP contribution >= 0.6 is 0 Å². The Labute approximate surface area is 87.6 Å². The summed E-state index contributed by atoms with van der Waals surface area (Å²) in [4.78, 5) is 34.5. The number of carbonyl (C=O) groups excluding carboxylic acids is 3. The molecule has 15 heavy (non-hydrogen) atoms. The number of hydrogen-bond donors (Lipinski definition) is 1. The van der Waals surface area contributed by atoms with Gasteiger partial charge in [0.1, 0.15) is 19.7 Å². The first-order valence-electron chi connectivity index (χ1n) is 4.81. The van der Waals surface area contributed by atoms with E-state index in [9.17, 15) is 14.4 Å². The number of rotatable bonds is 4. The lowest BCUT2D eigenvalue weighted by Gasteiger charge is -2.25. The van der Waals surface area contributed by atoms with Gasteiger partial charge in [-0.2, -0.15) is 0 Å². The molecule has 1 aliphatic heterocycles. The van der Waals surface area contributed by atoms with Crippen molar-refractivity contribution in [2.75, 3.05) is 26.3 Å². The molecule has 0 radical (unpaired) electrons. The largest absolute Gasteiger partial charge is 0.372 e. The molecule has 1 rings (SSSR count). The molecular weight excluding hydrogens is 200 g/mol. The minimum Gasteiger partial charge on any atom is -0.372 e. The second kappa shape index (κ2) is 5.45. The molecule has 84 valence electrons. The fourth-order valence-electron chi connectivity index (χ4n) is 1.21. The normalized spacial score (nSPS) is 16.5. The molecule has 6 heteroatoms. The van der Waals surface area contributed by atoms with Crippen molar-refractivity contribution >= 4 is 17.7 Å². The van der Waals surface area contributed by atoms with Gasteiger partial charge in [-0.25, -0.2) is 0 Å². The van der Waals surface area contributed by atoms with Gasteiger partial charge >= 0.3 is 0 Å². The van der Waals surface area contributed by atoms with Gasteiger partial charge in [0.15, 0.2) is 0 Å². The van der Waals surface area contributed by atoms with E-state index in [2.05, 4.69) is 5.32 Å². The van der Waals surface area contributed by atoms with Crippen LogP contribution in [-0.4, -0.2) is 48.9 Å². The minimum absolute atomic E-state index is 0.0694. The molecule has 1 fully saturated rings. The molecule has 0 aliphatic carbocycles. The quantitative estimate of drug-likeness (QED) is 0.476. The molecule has 0 spiro atoms. The highest BCUT2D eigenvalue weighted by molar-refractivity contribution is 6.02. The van der Waals surface area contributed by atoms with E-state index >= 15 is 0 Å². The van der Waals surface area contributed by atoms with E-state index in [1.807, 2.05) is 6.92 Å². The predicted molar refractivity (Wildman–Crippen MR) is 50.8 cm³/mol. The summed E-state index contributed by atoms with van der Waals surface area (Å²) in [6.07, 6.45) is 0.826. The standard InChI is InChI=1S/C9H14N2O4/c1-2-3-15-6-9(14)11-4-7(12)10-8(13)5-11/h2-6H2,1H3,(H,10,12,13). The van der Waals surface area contributed by atoms with Crippen molar-refractivity contribution < 1.29 is 19.1 Å². The second-order valence-corrected chi connectivity index (χ2v) is 3.27. The fourth-order valence-corrected chi connectivity index (χ4v) is 1.21. The molecule has 3 amide bonds. The molecule has 0 aromatic carbocycles. The van der Waals surface area contributed by atoms with Gasteiger partial charge in [-0.05, 0) is 6.42 Å². The van der Waals surface area contributed by atoms with Gasteiger partial charge < -0.3 is 9.64 Å². The van der Waals surface area contributed by atoms with Crippen molar-refractivity contribution in [1.82, 2.24) is 10.2 Å². The zero-order valence-corrected chi connectivity index (χ0v) is 8.62. The van der Waals surface area contributed by atoms with Gasteiger partial charge in [0, 0.05) is 6.61 Å². The monoisotopic (exact) mass is 214 g/mol. The molecule has 1 N–H and O–H groups in total. The summed E-state index contributed by atoms with van der Waals surface area (Å²) in [5.41, 5.74) is 0. The second-order valence-electron chi connectivity index (χ2n) is 3.27. The first-order chi connectivity index (χ1) is 7.13. The van der Waals surface area contributed by atoms with Gasteiger partial charge in [0.05, 0.1) is 0 Å². The van der Waals surface area contributed by atoms with Crippen molar-refractivity contribution in [2.45, 2.75) is 13.3 Å². The van der Waals surface area contributed by atoms with E-state index in [0.29, 0.717) is 6.61 Å². The number of nitrogens with one attached hydrogen (secondary N) is 1. The van der Waals surface area contributed by atoms with Crippen LogP contribution in [0.1, 0.15) is 13.3 Å². The summed E-state index contributed by atoms with van der Waals surface area (Å²) in [5.74, 6) is -1.23. The molecule has 0 atom stereocenters. The first-order valence-corrected chi connectivity index (χ1v) is 4.81. The van der Waals surface area contributed by atoms with E-state index in [0.717, 1.165) is 6.42 Å². The van der Waals surface area contributed by atoms with Crippen molar-refractivity contribution in [2.24, 2.45) is 0 Å². The Balaban J connectivity index is 2.38. The molecule has 0 bridgehead atoms. The number of imide groups is 1. The lowest BCUT2D eigenvalue weighted by atomic mass is 10.3. The third-order valence-corrected chi connectivity index (χ3v) is 1.87. The van der Waals surface area contributed by atoms with Crippen LogP contribution in [0.4, 0.5) is 0 Å². The fraction of sp³-hybridized carbons (Fsp3) is 0.667. The molecule has 1 aliphatic rings. The Kier molecular flexibility index (Phi) is 4.23. The van der Waals surface area contributed by atoms with Crippen LogP contribution in [0.15, 0.2) is 0 Å². The summed E-state index contributed by atoms with van der Waals surface area (Å²) in [6.45, 7) is 2.22. The number of piperazine rings is 1. The van der Waals surface area contributed by atoms with E-state index < -0.39 is 11.8 Å². The van der Waals surface area contributed by atoms with Crippen LogP contribution in [0.2, 0.25) is 0 Å². The Bertz CT molecular complexity index is 261. The number of nitrogens with zero attached hydrogens (tertiary/aromatic N) is 1. The summed E-state index contributed by atoms with van der Waals surface area (Å²) in [5, 5.41) is 2.12. The first kappa shape index (κ1) is 11.6.